The smallest absolute Gasteiger partial charge is 0.169 e. The number of ether oxygens (including phenoxy) is 1. The van der Waals surface area contributed by atoms with Gasteiger partial charge in [-0.15, -0.1) is 0 Å². The van der Waals surface area contributed by atoms with Crippen molar-refractivity contribution in [2.45, 2.75) is 24.5 Å². The van der Waals surface area contributed by atoms with E-state index < -0.39 is 12.5 Å². The van der Waals surface area contributed by atoms with Crippen LogP contribution in [0.4, 0.5) is 0 Å². The molecule has 0 amide bonds. The molecule has 0 saturated carbocycles. The van der Waals surface area contributed by atoms with Crippen LogP contribution in [0.15, 0.2) is 109 Å². The average Bonchev–Trinajstić information content (AvgIpc) is 3.12. The van der Waals surface area contributed by atoms with Crippen LogP contribution in [0, 0.1) is 0 Å². The maximum absolute atomic E-state index is 12.4. The summed E-state index contributed by atoms with van der Waals surface area (Å²) in [6, 6.07) is 37.0. The quantitative estimate of drug-likeness (QED) is 0.167. The fraction of sp³-hybridized carbons (Fsp3) is 0.316. The van der Waals surface area contributed by atoms with Gasteiger partial charge in [-0.3, -0.25) is 29.2 Å². The Morgan fingerprint density at radius 3 is 1.06 bits per heavy atom. The highest BCUT2D eigenvalue weighted by Crippen LogP contribution is 2.32. The van der Waals surface area contributed by atoms with E-state index in [9.17, 15) is 9.59 Å². The summed E-state index contributed by atoms with van der Waals surface area (Å²) in [5, 5.41) is 1.42. The molecule has 4 atom stereocenters. The van der Waals surface area contributed by atoms with Crippen LogP contribution >= 0.6 is 23.2 Å². The van der Waals surface area contributed by atoms with Crippen molar-refractivity contribution in [3.05, 3.63) is 141 Å². The predicted octanol–water partition coefficient (Wildman–Crippen LogP) is 6.17. The van der Waals surface area contributed by atoms with Crippen LogP contribution in [-0.4, -0.2) is 97.0 Å². The molecule has 244 valence electrons. The number of benzene rings is 4. The van der Waals surface area contributed by atoms with E-state index in [0.29, 0.717) is 36.2 Å². The number of nitrogens with zero attached hydrogens (tertiary/aromatic N) is 4. The van der Waals surface area contributed by atoms with Gasteiger partial charge in [0.15, 0.2) is 25.0 Å². The highest BCUT2D eigenvalue weighted by molar-refractivity contribution is 6.30. The molecule has 6 rings (SSSR count). The lowest BCUT2D eigenvalue weighted by atomic mass is 9.96. The Kier molecular flexibility index (Phi) is 11.5. The van der Waals surface area contributed by atoms with Crippen LogP contribution in [0.25, 0.3) is 0 Å². The van der Waals surface area contributed by atoms with E-state index in [1.165, 1.54) is 22.3 Å². The molecule has 0 N–H and O–H groups in total. The van der Waals surface area contributed by atoms with Crippen LogP contribution in [0.5, 0.6) is 0 Å². The minimum atomic E-state index is -0.803. The lowest BCUT2D eigenvalue weighted by Crippen LogP contribution is -2.57. The maximum atomic E-state index is 12.4. The Morgan fingerprint density at radius 1 is 0.447 bits per heavy atom. The molecule has 2 saturated heterocycles. The van der Waals surface area contributed by atoms with Crippen molar-refractivity contribution in [1.29, 1.82) is 0 Å². The number of halogens is 2. The summed E-state index contributed by atoms with van der Waals surface area (Å²) in [7, 11) is 0. The third-order valence-corrected chi connectivity index (χ3v) is 9.77. The van der Waals surface area contributed by atoms with E-state index in [1.54, 1.807) is 0 Å². The highest BCUT2D eigenvalue weighted by atomic mass is 35.5. The van der Waals surface area contributed by atoms with Crippen molar-refractivity contribution < 1.29 is 14.3 Å². The minimum absolute atomic E-state index is 0.0674. The second kappa shape index (κ2) is 16.1. The summed E-state index contributed by atoms with van der Waals surface area (Å²) in [5.41, 5.74) is 4.75. The summed E-state index contributed by atoms with van der Waals surface area (Å²) >= 11 is 12.4. The fourth-order valence-electron chi connectivity index (χ4n) is 6.84. The van der Waals surface area contributed by atoms with E-state index in [0.717, 1.165) is 38.8 Å². The Balaban J connectivity index is 1.08. The zero-order valence-corrected chi connectivity index (χ0v) is 27.8. The molecule has 7 nitrogen and oxygen atoms in total. The van der Waals surface area contributed by atoms with Crippen LogP contribution < -0.4 is 0 Å². The first-order chi connectivity index (χ1) is 23.0. The standard InChI is InChI=1S/C38H40Cl2N4O3/c39-33-15-11-31(12-16-33)37(29-7-3-1-4-8-29)43-23-19-41(20-24-43)35(27-45)47-36(28-46)42-21-25-44(26-22-42)38(30-9-5-2-6-10-30)32-13-17-34(40)18-14-32/h1-18,27-28,35-38H,19-26H2. The number of piperazine rings is 2. The number of rotatable bonds is 12. The van der Waals surface area contributed by atoms with Crippen molar-refractivity contribution in [2.75, 3.05) is 52.4 Å². The molecule has 0 aromatic heterocycles. The van der Waals surface area contributed by atoms with Gasteiger partial charge in [0.1, 0.15) is 0 Å². The van der Waals surface area contributed by atoms with Gasteiger partial charge < -0.3 is 4.74 Å². The molecule has 2 heterocycles. The van der Waals surface area contributed by atoms with E-state index >= 15 is 0 Å². The van der Waals surface area contributed by atoms with Gasteiger partial charge in [0.25, 0.3) is 0 Å². The second-order valence-electron chi connectivity index (χ2n) is 12.1. The van der Waals surface area contributed by atoms with Crippen molar-refractivity contribution >= 4 is 35.8 Å². The largest absolute Gasteiger partial charge is 0.331 e. The summed E-state index contributed by atoms with van der Waals surface area (Å²) in [6.45, 7) is 5.52. The number of carbonyl (C=O) groups is 2. The normalized spacial score (nSPS) is 19.4. The summed E-state index contributed by atoms with van der Waals surface area (Å²) in [4.78, 5) is 33.6. The van der Waals surface area contributed by atoms with Crippen molar-refractivity contribution in [2.24, 2.45) is 0 Å². The van der Waals surface area contributed by atoms with Gasteiger partial charge >= 0.3 is 0 Å². The molecule has 2 fully saturated rings. The molecule has 0 aliphatic carbocycles. The monoisotopic (exact) mass is 670 g/mol. The molecular formula is C38H40Cl2N4O3. The first-order valence-corrected chi connectivity index (χ1v) is 16.9. The third-order valence-electron chi connectivity index (χ3n) is 9.26. The number of aldehydes is 2. The first-order valence-electron chi connectivity index (χ1n) is 16.2. The summed E-state index contributed by atoms with van der Waals surface area (Å²) in [6.07, 6.45) is 0.0364. The number of hydrogen-bond acceptors (Lipinski definition) is 7. The molecule has 0 radical (unpaired) electrons. The van der Waals surface area contributed by atoms with E-state index in [2.05, 4.69) is 82.6 Å². The summed E-state index contributed by atoms with van der Waals surface area (Å²) < 4.78 is 6.23. The Bertz CT molecular complexity index is 1440. The van der Waals surface area contributed by atoms with Crippen molar-refractivity contribution in [1.82, 2.24) is 19.6 Å². The maximum Gasteiger partial charge on any atom is 0.169 e. The Morgan fingerprint density at radius 2 is 0.745 bits per heavy atom. The molecule has 9 heteroatoms. The minimum Gasteiger partial charge on any atom is -0.331 e. The molecule has 4 aromatic rings. The van der Waals surface area contributed by atoms with Crippen LogP contribution in [-0.2, 0) is 14.3 Å². The number of hydrogen-bond donors (Lipinski definition) is 0. The predicted molar refractivity (Wildman–Crippen MR) is 187 cm³/mol. The van der Waals surface area contributed by atoms with Gasteiger partial charge in [-0.05, 0) is 46.5 Å². The van der Waals surface area contributed by atoms with Gasteiger partial charge in [0.05, 0.1) is 12.1 Å². The zero-order chi connectivity index (χ0) is 32.6. The van der Waals surface area contributed by atoms with E-state index in [1.807, 2.05) is 46.2 Å². The highest BCUT2D eigenvalue weighted by Gasteiger charge is 2.34. The van der Waals surface area contributed by atoms with Crippen LogP contribution in [0.2, 0.25) is 10.0 Å². The third kappa shape index (κ3) is 8.19. The fourth-order valence-corrected chi connectivity index (χ4v) is 7.09. The molecule has 4 aromatic carbocycles. The first kappa shape index (κ1) is 33.5. The lowest BCUT2D eigenvalue weighted by Gasteiger charge is -2.43. The lowest BCUT2D eigenvalue weighted by molar-refractivity contribution is -0.171. The topological polar surface area (TPSA) is 56.3 Å². The molecule has 0 spiro atoms. The van der Waals surface area contributed by atoms with Gasteiger partial charge in [-0.1, -0.05) is 108 Å². The van der Waals surface area contributed by atoms with Gasteiger partial charge in [0, 0.05) is 62.4 Å². The van der Waals surface area contributed by atoms with Gasteiger partial charge in [-0.2, -0.15) is 0 Å². The van der Waals surface area contributed by atoms with Gasteiger partial charge in [-0.25, -0.2) is 0 Å². The van der Waals surface area contributed by atoms with E-state index in [-0.39, 0.29) is 12.1 Å². The van der Waals surface area contributed by atoms with Gasteiger partial charge in [0.2, 0.25) is 0 Å². The summed E-state index contributed by atoms with van der Waals surface area (Å²) in [5.74, 6) is 0. The van der Waals surface area contributed by atoms with Crippen molar-refractivity contribution in [3.8, 4) is 0 Å². The second-order valence-corrected chi connectivity index (χ2v) is 12.9. The van der Waals surface area contributed by atoms with Crippen LogP contribution in [0.3, 0.4) is 0 Å². The van der Waals surface area contributed by atoms with Crippen LogP contribution in [0.1, 0.15) is 34.3 Å². The Labute approximate surface area is 287 Å². The van der Waals surface area contributed by atoms with E-state index in [4.69, 9.17) is 27.9 Å². The average molecular weight is 672 g/mol. The molecule has 2 aliphatic rings. The zero-order valence-electron chi connectivity index (χ0n) is 26.3. The molecule has 47 heavy (non-hydrogen) atoms. The SMILES string of the molecule is O=CC(OC(C=O)N1CCN(C(c2ccccc2)c2ccc(Cl)cc2)CC1)N1CCN(C(c2ccccc2)c2ccc(Cl)cc2)CC1. The molecule has 2 aliphatic heterocycles. The molecule has 4 unspecified atom stereocenters. The molecule has 0 bridgehead atoms. The molecular weight excluding hydrogens is 631 g/mol. The number of carbonyl (C=O) groups excluding carboxylic acids is 2. The van der Waals surface area contributed by atoms with Crippen molar-refractivity contribution in [3.63, 3.8) is 0 Å². The Hall–Kier alpha value is -3.40.